The molecule has 0 spiro atoms. The summed E-state index contributed by atoms with van der Waals surface area (Å²) in [5, 5.41) is 16.4. The molecule has 112 valence electrons. The number of anilines is 2. The second kappa shape index (κ2) is 6.88. The number of hydrogen-bond acceptors (Lipinski definition) is 5. The number of aliphatic hydroxyl groups excluding tert-OH is 1. The molecule has 1 saturated carbocycles. The minimum Gasteiger partial charge on any atom is -0.396 e. The second-order valence-corrected chi connectivity index (χ2v) is 5.80. The summed E-state index contributed by atoms with van der Waals surface area (Å²) in [5.41, 5.74) is 1.06. The zero-order chi connectivity index (χ0) is 14.4. The molecule has 0 saturated heterocycles. The van der Waals surface area contributed by atoms with Crippen LogP contribution in [0.3, 0.4) is 0 Å². The van der Waals surface area contributed by atoms with Gasteiger partial charge in [-0.15, -0.1) is 0 Å². The highest BCUT2D eigenvalue weighted by atomic mass is 16.3. The quantitative estimate of drug-likeness (QED) is 0.746. The van der Waals surface area contributed by atoms with E-state index >= 15 is 0 Å². The molecule has 1 aliphatic rings. The van der Waals surface area contributed by atoms with Crippen LogP contribution in [-0.2, 0) is 0 Å². The third kappa shape index (κ3) is 3.39. The van der Waals surface area contributed by atoms with E-state index in [4.69, 9.17) is 0 Å². The maximum Gasteiger partial charge on any atom is 0.134 e. The molecule has 5 heteroatoms. The monoisotopic (exact) mass is 278 g/mol. The predicted molar refractivity (Wildman–Crippen MR) is 82.0 cm³/mol. The molecular weight excluding hydrogens is 252 g/mol. The van der Waals surface area contributed by atoms with Gasteiger partial charge in [-0.3, -0.25) is 0 Å². The minimum atomic E-state index is 0.0218. The summed E-state index contributed by atoms with van der Waals surface area (Å²) in [5.74, 6) is 1.75. The van der Waals surface area contributed by atoms with Crippen LogP contribution < -0.4 is 10.6 Å². The van der Waals surface area contributed by atoms with Crippen molar-refractivity contribution in [3.05, 3.63) is 11.9 Å². The van der Waals surface area contributed by atoms with Gasteiger partial charge in [-0.25, -0.2) is 9.97 Å². The Labute approximate surface area is 121 Å². The molecule has 0 unspecified atom stereocenters. The van der Waals surface area contributed by atoms with Gasteiger partial charge in [0.1, 0.15) is 18.0 Å². The lowest BCUT2D eigenvalue weighted by molar-refractivity contribution is 0.0943. The molecule has 1 aliphatic carbocycles. The van der Waals surface area contributed by atoms with Gasteiger partial charge in [0.15, 0.2) is 0 Å². The number of aliphatic hydroxyl groups is 1. The molecule has 1 heterocycles. The maximum atomic E-state index is 9.74. The van der Waals surface area contributed by atoms with Crippen LogP contribution in [0.15, 0.2) is 6.33 Å². The summed E-state index contributed by atoms with van der Waals surface area (Å²) < 4.78 is 0. The zero-order valence-corrected chi connectivity index (χ0v) is 12.6. The Hall–Kier alpha value is -1.36. The molecule has 2 rings (SSSR count). The zero-order valence-electron chi connectivity index (χ0n) is 12.6. The normalized spacial score (nSPS) is 17.8. The third-order valence-electron chi connectivity index (χ3n) is 4.31. The first-order valence-corrected chi connectivity index (χ1v) is 7.61. The van der Waals surface area contributed by atoms with Crippen molar-refractivity contribution in [2.24, 2.45) is 5.41 Å². The lowest BCUT2D eigenvalue weighted by atomic mass is 9.74. The molecule has 1 fully saturated rings. The largest absolute Gasteiger partial charge is 0.396 e. The van der Waals surface area contributed by atoms with Crippen molar-refractivity contribution < 1.29 is 5.11 Å². The van der Waals surface area contributed by atoms with Crippen LogP contribution in [0.1, 0.15) is 44.6 Å². The van der Waals surface area contributed by atoms with Gasteiger partial charge in [0.2, 0.25) is 0 Å². The molecule has 20 heavy (non-hydrogen) atoms. The summed E-state index contributed by atoms with van der Waals surface area (Å²) in [4.78, 5) is 8.58. The van der Waals surface area contributed by atoms with Gasteiger partial charge in [-0.1, -0.05) is 19.3 Å². The molecule has 1 aromatic heterocycles. The van der Waals surface area contributed by atoms with E-state index in [1.807, 2.05) is 6.92 Å². The van der Waals surface area contributed by atoms with E-state index in [9.17, 15) is 5.11 Å². The average Bonchev–Trinajstić information content (AvgIpc) is 2.49. The standard InChI is InChI=1S/C15H26N4O/c1-3-16-13-12(2)14(19-11-18-13)17-9-15(10-20)7-5-4-6-8-15/h11,20H,3-10H2,1-2H3,(H2,16,17,18,19). The van der Waals surface area contributed by atoms with Gasteiger partial charge in [-0.05, 0) is 26.7 Å². The Kier molecular flexibility index (Phi) is 5.17. The topological polar surface area (TPSA) is 70.1 Å². The number of aromatic nitrogens is 2. The number of nitrogens with one attached hydrogen (secondary N) is 2. The maximum absolute atomic E-state index is 9.74. The van der Waals surface area contributed by atoms with Crippen LogP contribution in [0.4, 0.5) is 11.6 Å². The molecule has 0 amide bonds. The summed E-state index contributed by atoms with van der Waals surface area (Å²) in [6.45, 7) is 5.96. The molecule has 5 nitrogen and oxygen atoms in total. The minimum absolute atomic E-state index is 0.0218. The lowest BCUT2D eigenvalue weighted by Gasteiger charge is -2.36. The number of rotatable bonds is 6. The Balaban J connectivity index is 2.04. The van der Waals surface area contributed by atoms with Crippen molar-refractivity contribution in [2.75, 3.05) is 30.3 Å². The molecular formula is C15H26N4O. The first-order chi connectivity index (χ1) is 9.71. The molecule has 0 radical (unpaired) electrons. The van der Waals surface area contributed by atoms with E-state index in [0.29, 0.717) is 0 Å². The van der Waals surface area contributed by atoms with Crippen molar-refractivity contribution in [3.63, 3.8) is 0 Å². The van der Waals surface area contributed by atoms with Gasteiger partial charge in [0.05, 0.1) is 6.61 Å². The van der Waals surface area contributed by atoms with Gasteiger partial charge >= 0.3 is 0 Å². The van der Waals surface area contributed by atoms with E-state index in [2.05, 4.69) is 27.5 Å². The molecule has 0 atom stereocenters. The fraction of sp³-hybridized carbons (Fsp3) is 0.733. The average molecular weight is 278 g/mol. The van der Waals surface area contributed by atoms with Crippen molar-refractivity contribution in [1.82, 2.24) is 9.97 Å². The van der Waals surface area contributed by atoms with Crippen molar-refractivity contribution in [1.29, 1.82) is 0 Å². The number of nitrogens with zero attached hydrogens (tertiary/aromatic N) is 2. The third-order valence-corrected chi connectivity index (χ3v) is 4.31. The van der Waals surface area contributed by atoms with E-state index in [-0.39, 0.29) is 12.0 Å². The van der Waals surface area contributed by atoms with Crippen LogP contribution in [0.2, 0.25) is 0 Å². The second-order valence-electron chi connectivity index (χ2n) is 5.80. The van der Waals surface area contributed by atoms with Crippen molar-refractivity contribution in [2.45, 2.75) is 46.0 Å². The first kappa shape index (κ1) is 15.0. The SMILES string of the molecule is CCNc1ncnc(NCC2(CO)CCCCC2)c1C. The van der Waals surface area contributed by atoms with Crippen LogP contribution >= 0.6 is 0 Å². The van der Waals surface area contributed by atoms with Crippen LogP contribution in [0, 0.1) is 12.3 Å². The Morgan fingerprint density at radius 2 is 1.80 bits per heavy atom. The number of hydrogen-bond donors (Lipinski definition) is 3. The van der Waals surface area contributed by atoms with Gasteiger partial charge < -0.3 is 15.7 Å². The molecule has 0 bridgehead atoms. The smallest absolute Gasteiger partial charge is 0.134 e. The molecule has 1 aromatic rings. The Bertz CT molecular complexity index is 430. The predicted octanol–water partition coefficient (Wildman–Crippen LogP) is 2.57. The Morgan fingerprint density at radius 3 is 2.40 bits per heavy atom. The van der Waals surface area contributed by atoms with Crippen molar-refractivity contribution >= 4 is 11.6 Å². The van der Waals surface area contributed by atoms with Crippen molar-refractivity contribution in [3.8, 4) is 0 Å². The van der Waals surface area contributed by atoms with Crippen LogP contribution in [0.25, 0.3) is 0 Å². The summed E-state index contributed by atoms with van der Waals surface area (Å²) in [6.07, 6.45) is 7.50. The summed E-state index contributed by atoms with van der Waals surface area (Å²) in [6, 6.07) is 0. The molecule has 0 aliphatic heterocycles. The van der Waals surface area contributed by atoms with Gasteiger partial charge in [0.25, 0.3) is 0 Å². The highest BCUT2D eigenvalue weighted by molar-refractivity contribution is 5.56. The van der Waals surface area contributed by atoms with E-state index in [0.717, 1.165) is 43.1 Å². The van der Waals surface area contributed by atoms with E-state index < -0.39 is 0 Å². The fourth-order valence-electron chi connectivity index (χ4n) is 2.94. The van der Waals surface area contributed by atoms with Gasteiger partial charge in [0, 0.05) is 24.1 Å². The van der Waals surface area contributed by atoms with E-state index in [1.165, 1.54) is 19.3 Å². The van der Waals surface area contributed by atoms with Gasteiger partial charge in [-0.2, -0.15) is 0 Å². The highest BCUT2D eigenvalue weighted by Gasteiger charge is 2.31. The van der Waals surface area contributed by atoms with Crippen LogP contribution in [0.5, 0.6) is 0 Å². The first-order valence-electron chi connectivity index (χ1n) is 7.61. The summed E-state index contributed by atoms with van der Waals surface area (Å²) in [7, 11) is 0. The summed E-state index contributed by atoms with van der Waals surface area (Å²) >= 11 is 0. The van der Waals surface area contributed by atoms with Crippen LogP contribution in [-0.4, -0.2) is 34.8 Å². The fourth-order valence-corrected chi connectivity index (χ4v) is 2.94. The van der Waals surface area contributed by atoms with E-state index in [1.54, 1.807) is 6.33 Å². The highest BCUT2D eigenvalue weighted by Crippen LogP contribution is 2.36. The Morgan fingerprint density at radius 1 is 1.15 bits per heavy atom. The lowest BCUT2D eigenvalue weighted by Crippen LogP contribution is -2.35. The molecule has 0 aromatic carbocycles. The molecule has 3 N–H and O–H groups in total.